The van der Waals surface area contributed by atoms with E-state index >= 15 is 0 Å². The van der Waals surface area contributed by atoms with Gasteiger partial charge in [-0.25, -0.2) is 9.97 Å². The lowest BCUT2D eigenvalue weighted by molar-refractivity contribution is 0.364. The predicted octanol–water partition coefficient (Wildman–Crippen LogP) is 2.46. The maximum absolute atomic E-state index is 4.50. The summed E-state index contributed by atoms with van der Waals surface area (Å²) in [7, 11) is 1.86. The van der Waals surface area contributed by atoms with Crippen LogP contribution in [0, 0.1) is 6.92 Å². The van der Waals surface area contributed by atoms with E-state index in [4.69, 9.17) is 0 Å². The van der Waals surface area contributed by atoms with E-state index in [9.17, 15) is 0 Å². The zero-order valence-corrected chi connectivity index (χ0v) is 16.8. The minimum absolute atomic E-state index is 0.0311. The highest BCUT2D eigenvalue weighted by molar-refractivity contribution is 5.80. The van der Waals surface area contributed by atoms with Crippen molar-refractivity contribution in [2.24, 2.45) is 4.99 Å². The predicted molar refractivity (Wildman–Crippen MR) is 111 cm³/mol. The second-order valence-electron chi connectivity index (χ2n) is 7.67. The Morgan fingerprint density at radius 3 is 2.30 bits per heavy atom. The van der Waals surface area contributed by atoms with Crippen molar-refractivity contribution < 1.29 is 0 Å². The summed E-state index contributed by atoms with van der Waals surface area (Å²) < 4.78 is 0. The molecule has 0 saturated carbocycles. The Bertz CT molecular complexity index is 746. The fraction of sp³-hybridized carbons (Fsp3) is 0.476. The number of aromatic nitrogens is 2. The molecule has 6 nitrogen and oxygen atoms in total. The van der Waals surface area contributed by atoms with E-state index in [2.05, 4.69) is 75.1 Å². The number of aryl methyl sites for hydroxylation is 1. The highest BCUT2D eigenvalue weighted by Gasteiger charge is 2.24. The van der Waals surface area contributed by atoms with Gasteiger partial charge in [-0.15, -0.1) is 0 Å². The number of anilines is 1. The van der Waals surface area contributed by atoms with Gasteiger partial charge in [0, 0.05) is 57.6 Å². The molecule has 1 aromatic carbocycles. The van der Waals surface area contributed by atoms with Crippen molar-refractivity contribution in [3.63, 3.8) is 0 Å². The smallest absolute Gasteiger partial charge is 0.225 e. The summed E-state index contributed by atoms with van der Waals surface area (Å²) in [6.45, 7) is 11.1. The van der Waals surface area contributed by atoms with Crippen LogP contribution in [0.1, 0.15) is 25.0 Å². The maximum atomic E-state index is 4.50. The lowest BCUT2D eigenvalue weighted by Gasteiger charge is -2.37. The molecule has 0 unspecified atom stereocenters. The lowest BCUT2D eigenvalue weighted by Crippen LogP contribution is -2.54. The average molecular weight is 367 g/mol. The normalized spacial score (nSPS) is 15.8. The van der Waals surface area contributed by atoms with E-state index in [0.29, 0.717) is 0 Å². The van der Waals surface area contributed by atoms with Crippen LogP contribution >= 0.6 is 0 Å². The molecular formula is C21H30N6. The lowest BCUT2D eigenvalue weighted by atomic mass is 9.84. The molecule has 0 amide bonds. The molecule has 1 fully saturated rings. The minimum Gasteiger partial charge on any atom is -0.355 e. The third-order valence-corrected chi connectivity index (χ3v) is 5.15. The van der Waals surface area contributed by atoms with Gasteiger partial charge in [0.2, 0.25) is 5.95 Å². The number of rotatable bonds is 4. The summed E-state index contributed by atoms with van der Waals surface area (Å²) >= 11 is 0. The van der Waals surface area contributed by atoms with Crippen LogP contribution in [0.3, 0.4) is 0 Å². The molecule has 1 aliphatic heterocycles. The van der Waals surface area contributed by atoms with Crippen LogP contribution in [-0.4, -0.2) is 60.6 Å². The summed E-state index contributed by atoms with van der Waals surface area (Å²) in [6.07, 6.45) is 3.59. The van der Waals surface area contributed by atoms with Crippen LogP contribution in [0.15, 0.2) is 47.7 Å². The van der Waals surface area contributed by atoms with E-state index in [-0.39, 0.29) is 5.41 Å². The first-order chi connectivity index (χ1) is 13.0. The number of nitrogens with zero attached hydrogens (tertiary/aromatic N) is 5. The highest BCUT2D eigenvalue weighted by Crippen LogP contribution is 2.22. The molecule has 1 saturated heterocycles. The Balaban J connectivity index is 1.56. The molecule has 27 heavy (non-hydrogen) atoms. The zero-order chi connectivity index (χ0) is 19.3. The first-order valence-corrected chi connectivity index (χ1v) is 9.54. The summed E-state index contributed by atoms with van der Waals surface area (Å²) in [5.41, 5.74) is 2.66. The third-order valence-electron chi connectivity index (χ3n) is 5.15. The monoisotopic (exact) mass is 366 g/mol. The van der Waals surface area contributed by atoms with Crippen LogP contribution in [0.2, 0.25) is 0 Å². The highest BCUT2D eigenvalue weighted by atomic mass is 15.4. The molecule has 2 aromatic rings. The van der Waals surface area contributed by atoms with Crippen molar-refractivity contribution in [1.82, 2.24) is 20.2 Å². The van der Waals surface area contributed by atoms with Crippen molar-refractivity contribution >= 4 is 11.9 Å². The van der Waals surface area contributed by atoms with Gasteiger partial charge in [-0.3, -0.25) is 4.99 Å². The van der Waals surface area contributed by atoms with E-state index in [1.54, 1.807) is 12.4 Å². The molecule has 0 aliphatic carbocycles. The van der Waals surface area contributed by atoms with Crippen LogP contribution in [-0.2, 0) is 5.41 Å². The average Bonchev–Trinajstić information content (AvgIpc) is 2.70. The van der Waals surface area contributed by atoms with Gasteiger partial charge in [0.15, 0.2) is 5.96 Å². The molecule has 0 bridgehead atoms. The molecule has 6 heteroatoms. The second kappa shape index (κ2) is 8.37. The Morgan fingerprint density at radius 2 is 1.70 bits per heavy atom. The van der Waals surface area contributed by atoms with Crippen molar-refractivity contribution in [2.75, 3.05) is 44.7 Å². The van der Waals surface area contributed by atoms with E-state index in [0.717, 1.165) is 44.6 Å². The van der Waals surface area contributed by atoms with Crippen LogP contribution < -0.4 is 10.2 Å². The molecule has 144 valence electrons. The molecule has 0 radical (unpaired) electrons. The number of piperazine rings is 1. The van der Waals surface area contributed by atoms with Gasteiger partial charge < -0.3 is 15.1 Å². The number of nitrogens with one attached hydrogen (secondary N) is 1. The maximum Gasteiger partial charge on any atom is 0.225 e. The summed E-state index contributed by atoms with van der Waals surface area (Å²) in [6, 6.07) is 10.6. The Kier molecular flexibility index (Phi) is 5.94. The van der Waals surface area contributed by atoms with Crippen molar-refractivity contribution in [1.29, 1.82) is 0 Å². The van der Waals surface area contributed by atoms with Gasteiger partial charge in [-0.05, 0) is 18.6 Å². The Labute approximate surface area is 162 Å². The third kappa shape index (κ3) is 4.76. The summed E-state index contributed by atoms with van der Waals surface area (Å²) in [5.74, 6) is 1.77. The minimum atomic E-state index is 0.0311. The first kappa shape index (κ1) is 19.1. The van der Waals surface area contributed by atoms with Gasteiger partial charge in [0.05, 0.1) is 0 Å². The quantitative estimate of drug-likeness (QED) is 0.665. The molecule has 2 heterocycles. The summed E-state index contributed by atoms with van der Waals surface area (Å²) in [5, 5.41) is 3.57. The SMILES string of the molecule is CN=C(NCC(C)(C)c1ccc(C)cc1)N1CCN(c2ncccn2)CC1. The Hall–Kier alpha value is -2.63. The molecule has 0 atom stereocenters. The van der Waals surface area contributed by atoms with Crippen LogP contribution in [0.5, 0.6) is 0 Å². The number of hydrogen-bond donors (Lipinski definition) is 1. The van der Waals surface area contributed by atoms with E-state index in [1.165, 1.54) is 11.1 Å². The number of guanidine groups is 1. The topological polar surface area (TPSA) is 56.7 Å². The van der Waals surface area contributed by atoms with Crippen LogP contribution in [0.4, 0.5) is 5.95 Å². The molecule has 0 spiro atoms. The Morgan fingerprint density at radius 1 is 1.07 bits per heavy atom. The van der Waals surface area contributed by atoms with Gasteiger partial charge in [-0.2, -0.15) is 0 Å². The van der Waals surface area contributed by atoms with Crippen LogP contribution in [0.25, 0.3) is 0 Å². The number of benzene rings is 1. The molecule has 3 rings (SSSR count). The van der Waals surface area contributed by atoms with Gasteiger partial charge in [0.1, 0.15) is 0 Å². The summed E-state index contributed by atoms with van der Waals surface area (Å²) in [4.78, 5) is 17.7. The zero-order valence-electron chi connectivity index (χ0n) is 16.8. The van der Waals surface area contributed by atoms with E-state index in [1.807, 2.05) is 13.1 Å². The standard InChI is InChI=1S/C21H30N6/c1-17-6-8-18(9-7-17)21(2,3)16-25-19(22-4)26-12-14-27(15-13-26)20-23-10-5-11-24-20/h5-11H,12-16H2,1-4H3,(H,22,25). The fourth-order valence-corrected chi connectivity index (χ4v) is 3.31. The van der Waals surface area contributed by atoms with E-state index < -0.39 is 0 Å². The fourth-order valence-electron chi connectivity index (χ4n) is 3.31. The molecule has 1 aromatic heterocycles. The second-order valence-corrected chi connectivity index (χ2v) is 7.67. The number of hydrogen-bond acceptors (Lipinski definition) is 4. The molecule has 1 N–H and O–H groups in total. The van der Waals surface area contributed by atoms with Crippen molar-refractivity contribution in [3.8, 4) is 0 Å². The molecular weight excluding hydrogens is 336 g/mol. The van der Waals surface area contributed by atoms with Crippen molar-refractivity contribution in [2.45, 2.75) is 26.2 Å². The first-order valence-electron chi connectivity index (χ1n) is 9.54. The largest absolute Gasteiger partial charge is 0.355 e. The van der Waals surface area contributed by atoms with Gasteiger partial charge in [0.25, 0.3) is 0 Å². The van der Waals surface area contributed by atoms with Gasteiger partial charge >= 0.3 is 0 Å². The molecule has 1 aliphatic rings. The number of aliphatic imine (C=N–C) groups is 1. The van der Waals surface area contributed by atoms with Crippen molar-refractivity contribution in [3.05, 3.63) is 53.9 Å². The van der Waals surface area contributed by atoms with Gasteiger partial charge in [-0.1, -0.05) is 43.7 Å².